The molecule has 0 amide bonds. The summed E-state index contributed by atoms with van der Waals surface area (Å²) in [7, 11) is 0. The van der Waals surface area contributed by atoms with Gasteiger partial charge in [0.05, 0.1) is 0 Å². The number of carbonyl (C=O) groups excluding carboxylic acids is 1. The highest BCUT2D eigenvalue weighted by Crippen LogP contribution is 2.18. The molecular weight excluding hydrogens is 380 g/mol. The van der Waals surface area contributed by atoms with E-state index in [9.17, 15) is 35.2 Å². The zero-order valence-corrected chi connectivity index (χ0v) is 17.3. The molecule has 29 heavy (non-hydrogen) atoms. The number of nitrogens with zero attached hydrogens (tertiary/aromatic N) is 2. The maximum Gasteiger partial charge on any atom is 0.242 e. The first-order chi connectivity index (χ1) is 13.8. The first-order valence-corrected chi connectivity index (χ1v) is 10.5. The van der Waals surface area contributed by atoms with E-state index in [1.54, 1.807) is 6.08 Å². The number of aliphatic hydroxyl groups excluding tert-OH is 2. The van der Waals surface area contributed by atoms with Gasteiger partial charge in [-0.15, -0.1) is 0 Å². The van der Waals surface area contributed by atoms with E-state index in [4.69, 9.17) is 0 Å². The summed E-state index contributed by atoms with van der Waals surface area (Å²) in [6, 6.07) is -2.54. The average Bonchev–Trinajstić information content (AvgIpc) is 2.65. The number of hydrogen-bond donors (Lipinski definition) is 2. The van der Waals surface area contributed by atoms with Gasteiger partial charge >= 0.3 is 0 Å². The number of nitro groups is 2. The van der Waals surface area contributed by atoms with Gasteiger partial charge in [0.25, 0.3) is 0 Å². The van der Waals surface area contributed by atoms with Crippen LogP contribution in [0, 0.1) is 20.2 Å². The highest BCUT2D eigenvalue weighted by Gasteiger charge is 2.36. The minimum atomic E-state index is -1.46. The summed E-state index contributed by atoms with van der Waals surface area (Å²) >= 11 is 0. The zero-order valence-electron chi connectivity index (χ0n) is 17.3. The molecule has 0 aromatic heterocycles. The number of allylic oxidation sites excluding steroid dienone is 1. The van der Waals surface area contributed by atoms with Gasteiger partial charge < -0.3 is 10.2 Å². The third-order valence-electron chi connectivity index (χ3n) is 4.96. The summed E-state index contributed by atoms with van der Waals surface area (Å²) in [5, 5.41) is 42.8. The molecule has 0 bridgehead atoms. The van der Waals surface area contributed by atoms with Crippen molar-refractivity contribution in [3.63, 3.8) is 0 Å². The third-order valence-corrected chi connectivity index (χ3v) is 4.96. The quantitative estimate of drug-likeness (QED) is 0.142. The first-order valence-electron chi connectivity index (χ1n) is 10.5. The molecule has 4 unspecified atom stereocenters. The molecule has 0 fully saturated rings. The number of rotatable bonds is 19. The van der Waals surface area contributed by atoms with Crippen molar-refractivity contribution in [3.05, 3.63) is 32.4 Å². The molecule has 0 aliphatic rings. The van der Waals surface area contributed by atoms with Crippen LogP contribution in [0.3, 0.4) is 0 Å². The van der Waals surface area contributed by atoms with Crippen LogP contribution in [0.25, 0.3) is 0 Å². The Morgan fingerprint density at radius 1 is 0.897 bits per heavy atom. The van der Waals surface area contributed by atoms with Gasteiger partial charge in [-0.05, 0) is 25.7 Å². The van der Waals surface area contributed by atoms with Crippen LogP contribution in [-0.2, 0) is 4.79 Å². The van der Waals surface area contributed by atoms with Crippen LogP contribution in [0.2, 0.25) is 0 Å². The average molecular weight is 416 g/mol. The number of hydrogen-bond acceptors (Lipinski definition) is 7. The largest absolute Gasteiger partial charge is 0.386 e. The summed E-state index contributed by atoms with van der Waals surface area (Å²) in [6.07, 6.45) is 9.27. The molecule has 0 heterocycles. The second-order valence-corrected chi connectivity index (χ2v) is 7.38. The standard InChI is InChI=1S/C20H35N2O7/c1-2-3-10-13-17(21(26)27)19(24)16-20(25)18(22(28)29)14-11-8-6-4-5-7-9-12-15-23/h8,11,17-20,24-25H,2-7,9-10,12-14,16H2,1H3/b11-8-. The minimum Gasteiger partial charge on any atom is -0.386 e. The molecule has 2 N–H and O–H groups in total. The Labute approximate surface area is 172 Å². The summed E-state index contributed by atoms with van der Waals surface area (Å²) in [5.74, 6) is 0. The van der Waals surface area contributed by atoms with Crippen LogP contribution >= 0.6 is 0 Å². The Morgan fingerprint density at radius 2 is 1.52 bits per heavy atom. The molecule has 0 aromatic carbocycles. The van der Waals surface area contributed by atoms with Crippen molar-refractivity contribution in [2.75, 3.05) is 0 Å². The molecule has 0 spiro atoms. The van der Waals surface area contributed by atoms with Gasteiger partial charge in [0.1, 0.15) is 12.2 Å². The van der Waals surface area contributed by atoms with Crippen LogP contribution in [0.15, 0.2) is 12.2 Å². The van der Waals surface area contributed by atoms with Gasteiger partial charge in [-0.25, -0.2) is 0 Å². The van der Waals surface area contributed by atoms with Gasteiger partial charge in [-0.1, -0.05) is 44.8 Å². The Hall–Kier alpha value is -1.87. The molecule has 0 rings (SSSR count). The van der Waals surface area contributed by atoms with Crippen LogP contribution < -0.4 is 0 Å². The van der Waals surface area contributed by atoms with E-state index in [-0.39, 0.29) is 12.8 Å². The SMILES string of the molecule is CCCCCC(C(O)CC(O)C(C/C=C\CCCCCC[C]=O)[N+](=O)[O-])[N+](=O)[O-]. The Morgan fingerprint density at radius 3 is 2.10 bits per heavy atom. The number of unbranched alkanes of at least 4 members (excludes halogenated alkanes) is 7. The number of aliphatic hydroxyl groups is 2. The highest BCUT2D eigenvalue weighted by molar-refractivity contribution is 5.50. The van der Waals surface area contributed by atoms with Gasteiger partial charge in [-0.3, -0.25) is 25.0 Å². The lowest BCUT2D eigenvalue weighted by Gasteiger charge is -2.20. The van der Waals surface area contributed by atoms with Gasteiger partial charge in [0.15, 0.2) is 6.29 Å². The maximum absolute atomic E-state index is 11.3. The molecule has 0 aromatic rings. The van der Waals surface area contributed by atoms with Crippen molar-refractivity contribution in [1.29, 1.82) is 0 Å². The fraction of sp³-hybridized carbons (Fsp3) is 0.850. The molecule has 1 radical (unpaired) electrons. The highest BCUT2D eigenvalue weighted by atomic mass is 16.6. The first kappa shape index (κ1) is 27.1. The molecule has 9 heteroatoms. The summed E-state index contributed by atoms with van der Waals surface area (Å²) in [5.41, 5.74) is 0. The van der Waals surface area contributed by atoms with E-state index in [0.717, 1.165) is 44.9 Å². The second kappa shape index (κ2) is 17.0. The summed E-state index contributed by atoms with van der Waals surface area (Å²) < 4.78 is 0. The normalized spacial score (nSPS) is 15.7. The summed E-state index contributed by atoms with van der Waals surface area (Å²) in [4.78, 5) is 31.4. The molecule has 0 aliphatic heterocycles. The fourth-order valence-electron chi connectivity index (χ4n) is 3.15. The Kier molecular flexibility index (Phi) is 15.9. The van der Waals surface area contributed by atoms with Crippen LogP contribution in [-0.4, -0.2) is 50.6 Å². The zero-order chi connectivity index (χ0) is 22.1. The van der Waals surface area contributed by atoms with Gasteiger partial charge in [0.2, 0.25) is 12.1 Å². The predicted molar refractivity (Wildman–Crippen MR) is 109 cm³/mol. The lowest BCUT2D eigenvalue weighted by atomic mass is 9.95. The maximum atomic E-state index is 11.3. The molecule has 4 atom stereocenters. The fourth-order valence-corrected chi connectivity index (χ4v) is 3.15. The third kappa shape index (κ3) is 13.1. The molecule has 0 saturated heterocycles. The van der Waals surface area contributed by atoms with E-state index in [2.05, 4.69) is 0 Å². The monoisotopic (exact) mass is 415 g/mol. The molecule has 0 saturated carbocycles. The van der Waals surface area contributed by atoms with Crippen LogP contribution in [0.4, 0.5) is 0 Å². The van der Waals surface area contributed by atoms with Crippen molar-refractivity contribution in [3.8, 4) is 0 Å². The van der Waals surface area contributed by atoms with Crippen molar-refractivity contribution in [2.24, 2.45) is 0 Å². The van der Waals surface area contributed by atoms with Crippen molar-refractivity contribution < 1.29 is 24.9 Å². The van der Waals surface area contributed by atoms with Crippen molar-refractivity contribution >= 4 is 6.29 Å². The predicted octanol–water partition coefficient (Wildman–Crippen LogP) is 3.37. The van der Waals surface area contributed by atoms with E-state index in [1.165, 1.54) is 0 Å². The van der Waals surface area contributed by atoms with Crippen LogP contribution in [0.5, 0.6) is 0 Å². The molecule has 167 valence electrons. The van der Waals surface area contributed by atoms with E-state index >= 15 is 0 Å². The lowest BCUT2D eigenvalue weighted by Crippen LogP contribution is -2.41. The van der Waals surface area contributed by atoms with Crippen molar-refractivity contribution in [2.45, 2.75) is 108 Å². The van der Waals surface area contributed by atoms with Gasteiger partial charge in [-0.2, -0.15) is 0 Å². The van der Waals surface area contributed by atoms with Crippen LogP contribution in [0.1, 0.15) is 84.0 Å². The smallest absolute Gasteiger partial charge is 0.242 e. The lowest BCUT2D eigenvalue weighted by molar-refractivity contribution is -0.543. The Bertz CT molecular complexity index is 499. The van der Waals surface area contributed by atoms with E-state index in [0.29, 0.717) is 12.8 Å². The Balaban J connectivity index is 4.47. The van der Waals surface area contributed by atoms with Gasteiger partial charge in [0, 0.05) is 35.5 Å². The molecule has 9 nitrogen and oxygen atoms in total. The second-order valence-electron chi connectivity index (χ2n) is 7.38. The minimum absolute atomic E-state index is 0.0000455. The summed E-state index contributed by atoms with van der Waals surface area (Å²) in [6.45, 7) is 1.96. The van der Waals surface area contributed by atoms with Crippen molar-refractivity contribution in [1.82, 2.24) is 0 Å². The molecular formula is C20H35N2O7. The van der Waals surface area contributed by atoms with E-state index < -0.39 is 40.6 Å². The van der Waals surface area contributed by atoms with E-state index in [1.807, 2.05) is 19.3 Å². The molecule has 0 aliphatic carbocycles. The topological polar surface area (TPSA) is 144 Å².